The first-order valence-electron chi connectivity index (χ1n) is 8.22. The van der Waals surface area contributed by atoms with Crippen molar-refractivity contribution < 1.29 is 14.3 Å². The van der Waals surface area contributed by atoms with Gasteiger partial charge in [-0.15, -0.1) is 0 Å². The first-order valence-corrected chi connectivity index (χ1v) is 8.60. The van der Waals surface area contributed by atoms with E-state index in [2.05, 4.69) is 17.2 Å². The lowest BCUT2D eigenvalue weighted by atomic mass is 10.1. The summed E-state index contributed by atoms with van der Waals surface area (Å²) in [7, 11) is 0. The molecule has 2 rings (SSSR count). The molecule has 2 aromatic rings. The molecule has 0 unspecified atom stereocenters. The van der Waals surface area contributed by atoms with E-state index < -0.39 is 0 Å². The van der Waals surface area contributed by atoms with Gasteiger partial charge in [-0.25, -0.2) is 0 Å². The van der Waals surface area contributed by atoms with Crippen LogP contribution in [-0.4, -0.2) is 18.4 Å². The van der Waals surface area contributed by atoms with E-state index in [1.807, 2.05) is 19.1 Å². The quantitative estimate of drug-likeness (QED) is 0.694. The van der Waals surface area contributed by atoms with Crippen LogP contribution in [0.15, 0.2) is 55.1 Å². The molecule has 136 valence electrons. The van der Waals surface area contributed by atoms with Gasteiger partial charge in [0.05, 0.1) is 13.0 Å². The van der Waals surface area contributed by atoms with Gasteiger partial charge in [0.25, 0.3) is 0 Å². The van der Waals surface area contributed by atoms with E-state index in [1.165, 1.54) is 6.08 Å². The van der Waals surface area contributed by atoms with Crippen LogP contribution in [0.25, 0.3) is 0 Å². The summed E-state index contributed by atoms with van der Waals surface area (Å²) in [6.45, 7) is 6.17. The highest BCUT2D eigenvalue weighted by atomic mass is 35.5. The van der Waals surface area contributed by atoms with Crippen molar-refractivity contribution in [2.45, 2.75) is 19.9 Å². The molecule has 0 atom stereocenters. The number of benzene rings is 2. The first kappa shape index (κ1) is 19.5. The Labute approximate surface area is 158 Å². The van der Waals surface area contributed by atoms with Crippen LogP contribution in [0.1, 0.15) is 18.1 Å². The fraction of sp³-hybridized carbons (Fsp3) is 0.200. The minimum Gasteiger partial charge on any atom is -0.493 e. The number of carbonyl (C=O) groups excluding carboxylic acids is 2. The van der Waals surface area contributed by atoms with Crippen molar-refractivity contribution in [1.29, 1.82) is 0 Å². The normalized spacial score (nSPS) is 10.1. The highest BCUT2D eigenvalue weighted by Crippen LogP contribution is 2.23. The molecule has 6 heteroatoms. The molecule has 0 saturated heterocycles. The van der Waals surface area contributed by atoms with Gasteiger partial charge < -0.3 is 15.4 Å². The molecule has 2 N–H and O–H groups in total. The van der Waals surface area contributed by atoms with Crippen molar-refractivity contribution in [3.8, 4) is 5.75 Å². The van der Waals surface area contributed by atoms with Crippen molar-refractivity contribution in [3.05, 3.63) is 71.3 Å². The number of anilines is 1. The molecular formula is C20H21ClN2O3. The molecule has 0 aromatic heterocycles. The Hall–Kier alpha value is -2.79. The molecule has 0 aliphatic carbocycles. The first-order chi connectivity index (χ1) is 12.5. The van der Waals surface area contributed by atoms with Crippen LogP contribution < -0.4 is 15.4 Å². The van der Waals surface area contributed by atoms with Crippen LogP contribution in [-0.2, 0) is 22.6 Å². The average Bonchev–Trinajstić information content (AvgIpc) is 2.61. The Balaban J connectivity index is 1.96. The maximum atomic E-state index is 12.2. The van der Waals surface area contributed by atoms with E-state index in [9.17, 15) is 9.59 Å². The second-order valence-electron chi connectivity index (χ2n) is 5.53. The highest BCUT2D eigenvalue weighted by Gasteiger charge is 2.08. The third-order valence-electron chi connectivity index (χ3n) is 3.55. The molecule has 0 spiro atoms. The van der Waals surface area contributed by atoms with Crippen LogP contribution in [0.4, 0.5) is 5.69 Å². The zero-order valence-electron chi connectivity index (χ0n) is 14.5. The topological polar surface area (TPSA) is 67.4 Å². The third-order valence-corrected chi connectivity index (χ3v) is 3.78. The lowest BCUT2D eigenvalue weighted by molar-refractivity contribution is -0.120. The summed E-state index contributed by atoms with van der Waals surface area (Å²) < 4.78 is 5.55. The summed E-state index contributed by atoms with van der Waals surface area (Å²) in [5.74, 6) is 0.238. The fourth-order valence-corrected chi connectivity index (χ4v) is 2.52. The van der Waals surface area contributed by atoms with E-state index >= 15 is 0 Å². The zero-order chi connectivity index (χ0) is 18.9. The standard InChI is InChI=1S/C20H21ClN2O3/c1-3-19(24)23-17-7-5-6-14(10-17)11-20(25)22-13-15-8-9-16(21)12-18(15)26-4-2/h3,5-10,12H,1,4,11,13H2,2H3,(H,22,25)(H,23,24). The van der Waals surface area contributed by atoms with Gasteiger partial charge in [0.2, 0.25) is 11.8 Å². The number of carbonyl (C=O) groups is 2. The summed E-state index contributed by atoms with van der Waals surface area (Å²) in [6.07, 6.45) is 1.40. The van der Waals surface area contributed by atoms with E-state index in [1.54, 1.807) is 30.3 Å². The minimum atomic E-state index is -0.294. The van der Waals surface area contributed by atoms with E-state index in [0.29, 0.717) is 29.6 Å². The SMILES string of the molecule is C=CC(=O)Nc1cccc(CC(=O)NCc2ccc(Cl)cc2OCC)c1. The van der Waals surface area contributed by atoms with Gasteiger partial charge in [-0.05, 0) is 42.8 Å². The molecule has 0 aliphatic heterocycles. The van der Waals surface area contributed by atoms with Crippen LogP contribution >= 0.6 is 11.6 Å². The maximum Gasteiger partial charge on any atom is 0.247 e. The molecule has 0 bridgehead atoms. The van der Waals surface area contributed by atoms with Crippen molar-refractivity contribution in [2.75, 3.05) is 11.9 Å². The second kappa shape index (κ2) is 9.63. The number of halogens is 1. The Morgan fingerprint density at radius 1 is 1.23 bits per heavy atom. The summed E-state index contributed by atoms with van der Waals surface area (Å²) in [5, 5.41) is 6.13. The summed E-state index contributed by atoms with van der Waals surface area (Å²) in [6, 6.07) is 12.5. The van der Waals surface area contributed by atoms with Gasteiger partial charge >= 0.3 is 0 Å². The molecule has 0 aliphatic rings. The molecule has 2 amide bonds. The highest BCUT2D eigenvalue weighted by molar-refractivity contribution is 6.30. The number of ether oxygens (including phenoxy) is 1. The summed E-state index contributed by atoms with van der Waals surface area (Å²) in [5.41, 5.74) is 2.28. The molecular weight excluding hydrogens is 352 g/mol. The molecule has 5 nitrogen and oxygen atoms in total. The molecule has 26 heavy (non-hydrogen) atoms. The zero-order valence-corrected chi connectivity index (χ0v) is 15.3. The third kappa shape index (κ3) is 5.93. The predicted molar refractivity (Wildman–Crippen MR) is 103 cm³/mol. The van der Waals surface area contributed by atoms with Crippen molar-refractivity contribution >= 4 is 29.1 Å². The Bertz CT molecular complexity index is 805. The van der Waals surface area contributed by atoms with Crippen molar-refractivity contribution in [3.63, 3.8) is 0 Å². The monoisotopic (exact) mass is 372 g/mol. The van der Waals surface area contributed by atoms with Gasteiger partial charge in [-0.1, -0.05) is 36.4 Å². The van der Waals surface area contributed by atoms with Crippen LogP contribution in [0.2, 0.25) is 5.02 Å². The Kier molecular flexibility index (Phi) is 7.24. The maximum absolute atomic E-state index is 12.2. The Morgan fingerprint density at radius 3 is 2.77 bits per heavy atom. The number of hydrogen-bond acceptors (Lipinski definition) is 3. The van der Waals surface area contributed by atoms with Gasteiger partial charge in [0.1, 0.15) is 5.75 Å². The number of rotatable bonds is 8. The fourth-order valence-electron chi connectivity index (χ4n) is 2.36. The molecule has 2 aromatic carbocycles. The van der Waals surface area contributed by atoms with Crippen molar-refractivity contribution in [1.82, 2.24) is 5.32 Å². The van der Waals surface area contributed by atoms with Gasteiger partial charge in [0, 0.05) is 22.8 Å². The lowest BCUT2D eigenvalue weighted by Gasteiger charge is -2.12. The average molecular weight is 373 g/mol. The van der Waals surface area contributed by atoms with E-state index in [4.69, 9.17) is 16.3 Å². The van der Waals surface area contributed by atoms with Crippen LogP contribution in [0.5, 0.6) is 5.75 Å². The molecule has 0 heterocycles. The van der Waals surface area contributed by atoms with Crippen LogP contribution in [0.3, 0.4) is 0 Å². The number of amides is 2. The minimum absolute atomic E-state index is 0.130. The van der Waals surface area contributed by atoms with Gasteiger partial charge in [-0.2, -0.15) is 0 Å². The summed E-state index contributed by atoms with van der Waals surface area (Å²) in [4.78, 5) is 23.6. The molecule has 0 saturated carbocycles. The number of nitrogens with one attached hydrogen (secondary N) is 2. The lowest BCUT2D eigenvalue weighted by Crippen LogP contribution is -2.25. The second-order valence-corrected chi connectivity index (χ2v) is 5.97. The van der Waals surface area contributed by atoms with Crippen molar-refractivity contribution in [2.24, 2.45) is 0 Å². The van der Waals surface area contributed by atoms with Crippen LogP contribution in [0, 0.1) is 0 Å². The molecule has 0 radical (unpaired) electrons. The predicted octanol–water partition coefficient (Wildman–Crippen LogP) is 3.72. The summed E-state index contributed by atoms with van der Waals surface area (Å²) >= 11 is 5.98. The van der Waals surface area contributed by atoms with E-state index in [-0.39, 0.29) is 18.2 Å². The molecule has 0 fully saturated rings. The van der Waals surface area contributed by atoms with Gasteiger partial charge in [0.15, 0.2) is 0 Å². The largest absolute Gasteiger partial charge is 0.493 e. The smallest absolute Gasteiger partial charge is 0.247 e. The van der Waals surface area contributed by atoms with E-state index in [0.717, 1.165) is 11.1 Å². The Morgan fingerprint density at radius 2 is 2.04 bits per heavy atom. The van der Waals surface area contributed by atoms with Gasteiger partial charge in [-0.3, -0.25) is 9.59 Å². The number of hydrogen-bond donors (Lipinski definition) is 2.